The van der Waals surface area contributed by atoms with Crippen molar-refractivity contribution in [3.8, 4) is 0 Å². The number of nitrogens with zero attached hydrogens (tertiary/aromatic N) is 1. The van der Waals surface area contributed by atoms with E-state index in [1.807, 2.05) is 0 Å². The van der Waals surface area contributed by atoms with Crippen LogP contribution in [0.1, 0.15) is 66.4 Å². The molecule has 0 spiro atoms. The third kappa shape index (κ3) is 2.49. The van der Waals surface area contributed by atoms with Gasteiger partial charge in [0, 0.05) is 12.2 Å². The van der Waals surface area contributed by atoms with E-state index >= 15 is 0 Å². The van der Waals surface area contributed by atoms with E-state index in [9.17, 15) is 9.90 Å². The highest BCUT2D eigenvalue weighted by Gasteiger charge is 2.34. The van der Waals surface area contributed by atoms with Crippen LogP contribution in [0.25, 0.3) is 0 Å². The van der Waals surface area contributed by atoms with E-state index in [4.69, 9.17) is 0 Å². The summed E-state index contributed by atoms with van der Waals surface area (Å²) in [5.41, 5.74) is 2.60. The van der Waals surface area contributed by atoms with Crippen molar-refractivity contribution in [1.82, 2.24) is 4.98 Å². The number of carboxylic acids is 1. The Hall–Kier alpha value is -1.58. The van der Waals surface area contributed by atoms with Gasteiger partial charge in [-0.15, -0.1) is 0 Å². The Bertz CT molecular complexity index is 587. The maximum Gasteiger partial charge on any atom is 0.337 e. The molecule has 2 saturated carbocycles. The molecule has 3 aliphatic carbocycles. The zero-order valence-corrected chi connectivity index (χ0v) is 13.0. The first-order chi connectivity index (χ1) is 10.7. The summed E-state index contributed by atoms with van der Waals surface area (Å²) in [6, 6.07) is 0.528. The summed E-state index contributed by atoms with van der Waals surface area (Å²) in [5.74, 6) is 1.91. The van der Waals surface area contributed by atoms with Crippen LogP contribution < -0.4 is 5.32 Å². The molecular formula is C18H24N2O2. The van der Waals surface area contributed by atoms with E-state index in [-0.39, 0.29) is 0 Å². The van der Waals surface area contributed by atoms with E-state index in [0.29, 0.717) is 11.6 Å². The molecule has 22 heavy (non-hydrogen) atoms. The van der Waals surface area contributed by atoms with E-state index in [0.717, 1.165) is 48.9 Å². The third-order valence-corrected chi connectivity index (χ3v) is 5.86. The molecule has 1 heterocycles. The van der Waals surface area contributed by atoms with Gasteiger partial charge in [-0.05, 0) is 67.9 Å². The van der Waals surface area contributed by atoms with Crippen LogP contribution in [0.4, 0.5) is 5.82 Å². The summed E-state index contributed by atoms with van der Waals surface area (Å²) in [6.45, 7) is 0. The van der Waals surface area contributed by atoms with Crippen LogP contribution in [-0.4, -0.2) is 22.1 Å². The van der Waals surface area contributed by atoms with Gasteiger partial charge in [-0.2, -0.15) is 0 Å². The number of hydrogen-bond donors (Lipinski definition) is 2. The average Bonchev–Trinajstić information content (AvgIpc) is 2.86. The Labute approximate surface area is 131 Å². The number of carbonyl (C=O) groups is 1. The van der Waals surface area contributed by atoms with Crippen molar-refractivity contribution < 1.29 is 9.90 Å². The summed E-state index contributed by atoms with van der Waals surface area (Å²) < 4.78 is 0. The molecule has 1 aromatic rings. The fourth-order valence-electron chi connectivity index (χ4n) is 4.88. The predicted octanol–water partition coefficient (Wildman–Crippen LogP) is 3.65. The van der Waals surface area contributed by atoms with Gasteiger partial charge in [0.05, 0.1) is 5.56 Å². The third-order valence-electron chi connectivity index (χ3n) is 5.86. The molecular weight excluding hydrogens is 276 g/mol. The van der Waals surface area contributed by atoms with Crippen LogP contribution in [0, 0.1) is 11.8 Å². The summed E-state index contributed by atoms with van der Waals surface area (Å²) in [5, 5.41) is 13.0. The highest BCUT2D eigenvalue weighted by Crippen LogP contribution is 2.43. The number of anilines is 1. The SMILES string of the molecule is O=C(O)c1cnc(NC2C[C@H]3CC[C@@H](C2)C3)c2c1CCCC2. The molecule has 1 unspecified atom stereocenters. The number of rotatable bonds is 3. The number of fused-ring (bicyclic) bond motifs is 3. The topological polar surface area (TPSA) is 62.2 Å². The molecule has 4 rings (SSSR count). The van der Waals surface area contributed by atoms with Gasteiger partial charge >= 0.3 is 5.97 Å². The Morgan fingerprint density at radius 2 is 1.77 bits per heavy atom. The minimum atomic E-state index is -0.840. The molecule has 118 valence electrons. The molecule has 1 aromatic heterocycles. The maximum atomic E-state index is 11.4. The number of nitrogens with one attached hydrogen (secondary N) is 1. The normalized spacial score (nSPS) is 29.9. The van der Waals surface area contributed by atoms with Crippen molar-refractivity contribution in [3.63, 3.8) is 0 Å². The van der Waals surface area contributed by atoms with E-state index < -0.39 is 5.97 Å². The Morgan fingerprint density at radius 3 is 2.45 bits per heavy atom. The van der Waals surface area contributed by atoms with E-state index in [1.165, 1.54) is 37.7 Å². The van der Waals surface area contributed by atoms with Gasteiger partial charge in [0.1, 0.15) is 5.82 Å². The Balaban J connectivity index is 1.60. The van der Waals surface area contributed by atoms with Gasteiger partial charge in [-0.3, -0.25) is 0 Å². The van der Waals surface area contributed by atoms with Crippen molar-refractivity contribution in [2.45, 2.75) is 63.8 Å². The summed E-state index contributed by atoms with van der Waals surface area (Å²) in [4.78, 5) is 15.9. The lowest BCUT2D eigenvalue weighted by Gasteiger charge is -2.30. The molecule has 2 N–H and O–H groups in total. The Morgan fingerprint density at radius 1 is 1.09 bits per heavy atom. The molecule has 2 fully saturated rings. The minimum Gasteiger partial charge on any atom is -0.478 e. The van der Waals surface area contributed by atoms with Crippen molar-refractivity contribution in [2.24, 2.45) is 11.8 Å². The maximum absolute atomic E-state index is 11.4. The summed E-state index contributed by atoms with van der Waals surface area (Å²) in [7, 11) is 0. The van der Waals surface area contributed by atoms with Crippen LogP contribution in [-0.2, 0) is 12.8 Å². The van der Waals surface area contributed by atoms with Gasteiger partial charge in [0.15, 0.2) is 0 Å². The molecule has 3 atom stereocenters. The molecule has 3 aliphatic rings. The quantitative estimate of drug-likeness (QED) is 0.894. The molecule has 4 nitrogen and oxygen atoms in total. The highest BCUT2D eigenvalue weighted by molar-refractivity contribution is 5.90. The van der Waals surface area contributed by atoms with Gasteiger partial charge in [-0.25, -0.2) is 9.78 Å². The first-order valence-corrected chi connectivity index (χ1v) is 8.71. The molecule has 0 aliphatic heterocycles. The number of pyridine rings is 1. The number of carboxylic acid groups (broad SMARTS) is 1. The van der Waals surface area contributed by atoms with Crippen LogP contribution in [0.2, 0.25) is 0 Å². The second-order valence-electron chi connectivity index (χ2n) is 7.35. The predicted molar refractivity (Wildman–Crippen MR) is 85.3 cm³/mol. The van der Waals surface area contributed by atoms with Crippen molar-refractivity contribution >= 4 is 11.8 Å². The number of hydrogen-bond acceptors (Lipinski definition) is 3. The van der Waals surface area contributed by atoms with E-state index in [1.54, 1.807) is 6.20 Å². The van der Waals surface area contributed by atoms with Crippen molar-refractivity contribution in [1.29, 1.82) is 0 Å². The molecule has 0 aromatic carbocycles. The zero-order valence-electron chi connectivity index (χ0n) is 13.0. The van der Waals surface area contributed by atoms with Gasteiger partial charge in [-0.1, -0.05) is 12.8 Å². The molecule has 0 amide bonds. The lowest BCUT2D eigenvalue weighted by Crippen LogP contribution is -2.29. The summed E-state index contributed by atoms with van der Waals surface area (Å²) >= 11 is 0. The summed E-state index contributed by atoms with van der Waals surface area (Å²) in [6.07, 6.45) is 12.4. The molecule has 4 heteroatoms. The largest absolute Gasteiger partial charge is 0.478 e. The first kappa shape index (κ1) is 14.0. The van der Waals surface area contributed by atoms with Crippen LogP contribution in [0.3, 0.4) is 0 Å². The number of aromatic carboxylic acids is 1. The molecule has 2 bridgehead atoms. The van der Waals surface area contributed by atoms with E-state index in [2.05, 4.69) is 10.3 Å². The number of aromatic nitrogens is 1. The second-order valence-corrected chi connectivity index (χ2v) is 7.35. The van der Waals surface area contributed by atoms with Gasteiger partial charge in [0.2, 0.25) is 0 Å². The van der Waals surface area contributed by atoms with Gasteiger partial charge in [0.25, 0.3) is 0 Å². The molecule has 0 saturated heterocycles. The lowest BCUT2D eigenvalue weighted by molar-refractivity contribution is 0.0695. The average molecular weight is 300 g/mol. The van der Waals surface area contributed by atoms with Crippen LogP contribution >= 0.6 is 0 Å². The van der Waals surface area contributed by atoms with Crippen LogP contribution in [0.5, 0.6) is 0 Å². The zero-order chi connectivity index (χ0) is 15.1. The van der Waals surface area contributed by atoms with Crippen molar-refractivity contribution in [3.05, 3.63) is 22.9 Å². The lowest BCUT2D eigenvalue weighted by atomic mass is 9.85. The van der Waals surface area contributed by atoms with Gasteiger partial charge < -0.3 is 10.4 Å². The smallest absolute Gasteiger partial charge is 0.337 e. The highest BCUT2D eigenvalue weighted by atomic mass is 16.4. The van der Waals surface area contributed by atoms with Crippen molar-refractivity contribution in [2.75, 3.05) is 5.32 Å². The fraction of sp³-hybridized carbons (Fsp3) is 0.667. The van der Waals surface area contributed by atoms with Crippen LogP contribution in [0.15, 0.2) is 6.20 Å². The Kier molecular flexibility index (Phi) is 3.55. The monoisotopic (exact) mass is 300 g/mol. The second kappa shape index (κ2) is 5.56. The fourth-order valence-corrected chi connectivity index (χ4v) is 4.88. The first-order valence-electron chi connectivity index (χ1n) is 8.71. The standard InChI is InChI=1S/C18H24N2O2/c21-18(22)16-10-19-17(15-4-2-1-3-14(15)16)20-13-8-11-5-6-12(7-11)9-13/h10-13H,1-9H2,(H,19,20)(H,21,22)/t11-,12+,13?. The minimum absolute atomic E-state index is 0.406. The molecule has 0 radical (unpaired) electrons.